The maximum Gasteiger partial charge on any atom is 0.137 e. The van der Waals surface area contributed by atoms with Crippen molar-refractivity contribution in [2.45, 2.75) is 13.0 Å². The molecule has 0 aliphatic carbocycles. The van der Waals surface area contributed by atoms with Gasteiger partial charge in [0.2, 0.25) is 0 Å². The van der Waals surface area contributed by atoms with Crippen LogP contribution in [-0.4, -0.2) is 44.3 Å². The summed E-state index contributed by atoms with van der Waals surface area (Å²) in [5.41, 5.74) is 0.506. The van der Waals surface area contributed by atoms with Crippen molar-refractivity contribution in [3.05, 3.63) is 48.0 Å². The van der Waals surface area contributed by atoms with Crippen LogP contribution in [0.3, 0.4) is 0 Å². The van der Waals surface area contributed by atoms with Gasteiger partial charge in [0.1, 0.15) is 17.3 Å². The summed E-state index contributed by atoms with van der Waals surface area (Å²) in [6.07, 6.45) is 1.10. The molecule has 7 heteroatoms. The summed E-state index contributed by atoms with van der Waals surface area (Å²) < 4.78 is 24.8. The Morgan fingerprint density at radius 3 is 2.56 bits per heavy atom. The first-order chi connectivity index (χ1) is 11.3. The molecule has 0 bridgehead atoms. The van der Waals surface area contributed by atoms with Crippen molar-refractivity contribution >= 4 is 24.8 Å². The van der Waals surface area contributed by atoms with Crippen molar-refractivity contribution in [2.75, 3.05) is 39.4 Å². The van der Waals surface area contributed by atoms with E-state index in [9.17, 15) is 4.39 Å². The normalized spacial score (nSPS) is 14.6. The molecule has 0 amide bonds. The van der Waals surface area contributed by atoms with E-state index in [4.69, 9.17) is 9.15 Å². The van der Waals surface area contributed by atoms with Crippen molar-refractivity contribution in [1.82, 2.24) is 10.2 Å². The number of rotatable bonds is 7. The van der Waals surface area contributed by atoms with Gasteiger partial charge in [-0.25, -0.2) is 4.39 Å². The van der Waals surface area contributed by atoms with Crippen molar-refractivity contribution in [3.8, 4) is 11.3 Å². The van der Waals surface area contributed by atoms with E-state index >= 15 is 0 Å². The zero-order valence-corrected chi connectivity index (χ0v) is 15.7. The molecule has 2 aromatic rings. The summed E-state index contributed by atoms with van der Waals surface area (Å²) in [5, 5.41) is 3.38. The number of halogens is 3. The van der Waals surface area contributed by atoms with Gasteiger partial charge in [0, 0.05) is 13.1 Å². The van der Waals surface area contributed by atoms with Gasteiger partial charge in [0.15, 0.2) is 0 Å². The molecule has 3 rings (SSSR count). The maximum absolute atomic E-state index is 13.7. The largest absolute Gasteiger partial charge is 0.460 e. The minimum atomic E-state index is -0.258. The van der Waals surface area contributed by atoms with Crippen LogP contribution in [-0.2, 0) is 11.3 Å². The monoisotopic (exact) mass is 390 g/mol. The summed E-state index contributed by atoms with van der Waals surface area (Å²) in [6, 6.07) is 10.4. The highest BCUT2D eigenvalue weighted by atomic mass is 35.5. The third-order valence-electron chi connectivity index (χ3n) is 4.03. The van der Waals surface area contributed by atoms with Crippen molar-refractivity contribution in [1.29, 1.82) is 0 Å². The number of hydrogen-bond donors (Lipinski definition) is 1. The molecule has 1 fully saturated rings. The van der Waals surface area contributed by atoms with Gasteiger partial charge in [-0.1, -0.05) is 12.1 Å². The minimum absolute atomic E-state index is 0. The van der Waals surface area contributed by atoms with Crippen LogP contribution >= 0.6 is 24.8 Å². The van der Waals surface area contributed by atoms with Crippen LogP contribution in [0.2, 0.25) is 0 Å². The smallest absolute Gasteiger partial charge is 0.137 e. The van der Waals surface area contributed by atoms with Crippen LogP contribution in [0.1, 0.15) is 12.2 Å². The number of hydrogen-bond acceptors (Lipinski definition) is 4. The highest BCUT2D eigenvalue weighted by Crippen LogP contribution is 2.24. The third kappa shape index (κ3) is 6.60. The summed E-state index contributed by atoms with van der Waals surface area (Å²) in [6.45, 7) is 6.45. The Bertz CT molecular complexity index is 619. The second-order valence-corrected chi connectivity index (χ2v) is 5.73. The van der Waals surface area contributed by atoms with Crippen LogP contribution in [0.4, 0.5) is 4.39 Å². The molecular weight excluding hydrogens is 366 g/mol. The van der Waals surface area contributed by atoms with Gasteiger partial charge in [-0.05, 0) is 43.8 Å². The molecule has 0 spiro atoms. The molecule has 0 atom stereocenters. The highest BCUT2D eigenvalue weighted by Gasteiger charge is 2.10. The lowest BCUT2D eigenvalue weighted by molar-refractivity contribution is 0.0374. The van der Waals surface area contributed by atoms with E-state index in [1.54, 1.807) is 12.1 Å². The average molecular weight is 391 g/mol. The molecule has 1 aliphatic rings. The van der Waals surface area contributed by atoms with E-state index in [0.29, 0.717) is 17.9 Å². The Balaban J connectivity index is 0.00000156. The van der Waals surface area contributed by atoms with Crippen molar-refractivity contribution in [2.24, 2.45) is 0 Å². The van der Waals surface area contributed by atoms with Gasteiger partial charge in [0.05, 0.1) is 25.3 Å². The van der Waals surface area contributed by atoms with E-state index in [1.165, 1.54) is 6.07 Å². The summed E-state index contributed by atoms with van der Waals surface area (Å²) in [7, 11) is 0. The third-order valence-corrected chi connectivity index (χ3v) is 4.03. The minimum Gasteiger partial charge on any atom is -0.460 e. The number of ether oxygens (including phenoxy) is 1. The molecule has 4 nitrogen and oxygen atoms in total. The zero-order chi connectivity index (χ0) is 15.9. The fraction of sp³-hybridized carbons (Fsp3) is 0.444. The predicted molar refractivity (Wildman–Crippen MR) is 102 cm³/mol. The van der Waals surface area contributed by atoms with Crippen LogP contribution in [0, 0.1) is 5.82 Å². The number of nitrogens with zero attached hydrogens (tertiary/aromatic N) is 1. The molecule has 1 aromatic heterocycles. The van der Waals surface area contributed by atoms with E-state index in [2.05, 4.69) is 10.2 Å². The first-order valence-corrected chi connectivity index (χ1v) is 8.17. The van der Waals surface area contributed by atoms with E-state index in [1.807, 2.05) is 18.2 Å². The molecule has 1 aromatic carbocycles. The molecule has 140 valence electrons. The van der Waals surface area contributed by atoms with Gasteiger partial charge >= 0.3 is 0 Å². The number of benzene rings is 1. The van der Waals surface area contributed by atoms with Crippen LogP contribution in [0.25, 0.3) is 11.3 Å². The Morgan fingerprint density at radius 1 is 1.04 bits per heavy atom. The molecule has 2 heterocycles. The highest BCUT2D eigenvalue weighted by molar-refractivity contribution is 5.85. The summed E-state index contributed by atoms with van der Waals surface area (Å²) in [4.78, 5) is 2.42. The van der Waals surface area contributed by atoms with Gasteiger partial charge in [-0.2, -0.15) is 0 Å². The number of nitrogens with one attached hydrogen (secondary N) is 1. The predicted octanol–water partition coefficient (Wildman–Crippen LogP) is 3.74. The zero-order valence-electron chi connectivity index (χ0n) is 14.1. The average Bonchev–Trinajstić information content (AvgIpc) is 3.04. The summed E-state index contributed by atoms with van der Waals surface area (Å²) in [5.74, 6) is 1.15. The molecule has 0 unspecified atom stereocenters. The molecular formula is C18H25Cl2FN2O2. The molecule has 0 radical (unpaired) electrons. The number of morpholine rings is 1. The molecule has 25 heavy (non-hydrogen) atoms. The van der Waals surface area contributed by atoms with Crippen molar-refractivity contribution < 1.29 is 13.5 Å². The molecule has 0 saturated carbocycles. The fourth-order valence-corrected chi connectivity index (χ4v) is 2.74. The molecule has 1 aliphatic heterocycles. The Hall–Kier alpha value is -1.11. The molecule has 1 N–H and O–H groups in total. The van der Waals surface area contributed by atoms with E-state index in [-0.39, 0.29) is 30.6 Å². The maximum atomic E-state index is 13.7. The van der Waals surface area contributed by atoms with Gasteiger partial charge in [-0.3, -0.25) is 4.90 Å². The van der Waals surface area contributed by atoms with Gasteiger partial charge in [0.25, 0.3) is 0 Å². The van der Waals surface area contributed by atoms with Crippen LogP contribution in [0.5, 0.6) is 0 Å². The van der Waals surface area contributed by atoms with Crippen LogP contribution in [0.15, 0.2) is 40.8 Å². The van der Waals surface area contributed by atoms with E-state index < -0.39 is 0 Å². The number of furan rings is 1. The lowest BCUT2D eigenvalue weighted by Gasteiger charge is -2.26. The van der Waals surface area contributed by atoms with Gasteiger partial charge in [-0.15, -0.1) is 24.8 Å². The SMILES string of the molecule is Cl.Cl.Fc1ccccc1-c1ccc(CNCCCN2CCOCC2)o1. The molecule has 1 saturated heterocycles. The summed E-state index contributed by atoms with van der Waals surface area (Å²) >= 11 is 0. The Labute approximate surface area is 160 Å². The standard InChI is InChI=1S/C18H23FN2O2.2ClH/c19-17-5-2-1-4-16(17)18-7-6-15(23-18)14-20-8-3-9-21-10-12-22-13-11-21;;/h1-2,4-7,20H,3,8-14H2;2*1H. The quantitative estimate of drug-likeness (QED) is 0.730. The topological polar surface area (TPSA) is 37.6 Å². The first-order valence-electron chi connectivity index (χ1n) is 8.17. The van der Waals surface area contributed by atoms with Crippen molar-refractivity contribution in [3.63, 3.8) is 0 Å². The van der Waals surface area contributed by atoms with Crippen LogP contribution < -0.4 is 5.32 Å². The Morgan fingerprint density at radius 2 is 1.80 bits per heavy atom. The lowest BCUT2D eigenvalue weighted by atomic mass is 10.1. The Kier molecular flexibility index (Phi) is 10.1. The second-order valence-electron chi connectivity index (χ2n) is 5.73. The second kappa shape index (κ2) is 11.5. The van der Waals surface area contributed by atoms with E-state index in [0.717, 1.165) is 51.6 Å². The fourth-order valence-electron chi connectivity index (χ4n) is 2.74. The first kappa shape index (κ1) is 21.9. The van der Waals surface area contributed by atoms with Gasteiger partial charge < -0.3 is 14.5 Å². The lowest BCUT2D eigenvalue weighted by Crippen LogP contribution is -2.37.